The summed E-state index contributed by atoms with van der Waals surface area (Å²) in [6, 6.07) is 30.6. The monoisotopic (exact) mass is 347 g/mol. The third-order valence-corrected chi connectivity index (χ3v) is 6.93. The van der Waals surface area contributed by atoms with Crippen LogP contribution in [0.15, 0.2) is 91.0 Å². The van der Waals surface area contributed by atoms with Gasteiger partial charge in [-0.2, -0.15) is 0 Å². The summed E-state index contributed by atoms with van der Waals surface area (Å²) >= 11 is 0. The SMILES string of the molecule is CCCCC(c1ccccc1)(c1ccccc1)[P+](=O)c1ccccc1. The van der Waals surface area contributed by atoms with Crippen molar-refractivity contribution in [3.05, 3.63) is 102 Å². The quantitative estimate of drug-likeness (QED) is 0.460. The van der Waals surface area contributed by atoms with Crippen molar-refractivity contribution in [3.63, 3.8) is 0 Å². The third kappa shape index (κ3) is 3.57. The summed E-state index contributed by atoms with van der Waals surface area (Å²) < 4.78 is 13.9. The maximum Gasteiger partial charge on any atom is 0.392 e. The Bertz CT molecular complexity index is 758. The summed E-state index contributed by atoms with van der Waals surface area (Å²) in [6.45, 7) is 2.19. The van der Waals surface area contributed by atoms with Crippen molar-refractivity contribution in [2.45, 2.75) is 31.3 Å². The van der Waals surface area contributed by atoms with Crippen LogP contribution in [0.25, 0.3) is 0 Å². The maximum absolute atomic E-state index is 13.9. The maximum atomic E-state index is 13.9. The van der Waals surface area contributed by atoms with Crippen molar-refractivity contribution < 1.29 is 4.57 Å². The first-order chi connectivity index (χ1) is 12.3. The van der Waals surface area contributed by atoms with Gasteiger partial charge >= 0.3 is 7.80 Å². The molecule has 25 heavy (non-hydrogen) atoms. The van der Waals surface area contributed by atoms with E-state index in [1.807, 2.05) is 66.7 Å². The fourth-order valence-electron chi connectivity index (χ4n) is 3.44. The molecule has 3 aromatic carbocycles. The van der Waals surface area contributed by atoms with Gasteiger partial charge in [0.1, 0.15) is 0 Å². The Balaban J connectivity index is 2.23. The summed E-state index contributed by atoms with van der Waals surface area (Å²) in [7, 11) is -1.64. The highest BCUT2D eigenvalue weighted by Crippen LogP contribution is 2.54. The second kappa shape index (κ2) is 8.23. The molecule has 1 unspecified atom stereocenters. The molecule has 0 bridgehead atoms. The predicted octanol–water partition coefficient (Wildman–Crippen LogP) is 6.27. The zero-order valence-corrected chi connectivity index (χ0v) is 15.5. The van der Waals surface area contributed by atoms with Crippen LogP contribution in [0.1, 0.15) is 37.3 Å². The number of hydrogen-bond donors (Lipinski definition) is 0. The van der Waals surface area contributed by atoms with E-state index in [0.29, 0.717) is 0 Å². The van der Waals surface area contributed by atoms with Gasteiger partial charge in [-0.25, -0.2) is 0 Å². The summed E-state index contributed by atoms with van der Waals surface area (Å²) in [4.78, 5) is 0. The number of unbranched alkanes of at least 4 members (excludes halogenated alkanes) is 1. The molecule has 1 atom stereocenters. The first-order valence-electron chi connectivity index (χ1n) is 8.92. The van der Waals surface area contributed by atoms with E-state index in [1.165, 1.54) is 0 Å². The summed E-state index contributed by atoms with van der Waals surface area (Å²) in [5.74, 6) is 0. The lowest BCUT2D eigenvalue weighted by molar-refractivity contribution is 0.539. The van der Waals surface area contributed by atoms with Gasteiger partial charge in [0.05, 0.1) is 0 Å². The number of rotatable bonds is 7. The molecule has 0 heterocycles. The van der Waals surface area contributed by atoms with Gasteiger partial charge in [0.2, 0.25) is 5.16 Å². The molecule has 0 N–H and O–H groups in total. The molecule has 0 saturated carbocycles. The Morgan fingerprint density at radius 1 is 0.720 bits per heavy atom. The van der Waals surface area contributed by atoms with Gasteiger partial charge in [0.15, 0.2) is 5.30 Å². The minimum atomic E-state index is -1.64. The molecule has 0 aliphatic carbocycles. The molecule has 0 aliphatic rings. The van der Waals surface area contributed by atoms with Crippen LogP contribution in [-0.2, 0) is 9.72 Å². The van der Waals surface area contributed by atoms with E-state index in [9.17, 15) is 4.57 Å². The molecule has 0 aromatic heterocycles. The van der Waals surface area contributed by atoms with E-state index in [-0.39, 0.29) is 0 Å². The molecule has 126 valence electrons. The summed E-state index contributed by atoms with van der Waals surface area (Å²) in [5.41, 5.74) is 2.28. The van der Waals surface area contributed by atoms with Gasteiger partial charge < -0.3 is 0 Å². The predicted molar refractivity (Wildman–Crippen MR) is 107 cm³/mol. The third-order valence-electron chi connectivity index (χ3n) is 4.73. The lowest BCUT2D eigenvalue weighted by Gasteiger charge is -2.25. The second-order valence-corrected chi connectivity index (χ2v) is 8.19. The van der Waals surface area contributed by atoms with Crippen LogP contribution in [0.5, 0.6) is 0 Å². The van der Waals surface area contributed by atoms with Crippen molar-refractivity contribution in [2.75, 3.05) is 0 Å². The van der Waals surface area contributed by atoms with Crippen LogP contribution < -0.4 is 5.30 Å². The molecule has 3 rings (SSSR count). The van der Waals surface area contributed by atoms with Gasteiger partial charge in [-0.1, -0.05) is 96.8 Å². The molecule has 0 saturated heterocycles. The van der Waals surface area contributed by atoms with Crippen LogP contribution >= 0.6 is 7.80 Å². The molecule has 2 heteroatoms. The highest BCUT2D eigenvalue weighted by atomic mass is 31.1. The largest absolute Gasteiger partial charge is 0.392 e. The Kier molecular flexibility index (Phi) is 5.79. The van der Waals surface area contributed by atoms with Gasteiger partial charge in [-0.15, -0.1) is 0 Å². The molecular formula is C23H24OP+. The topological polar surface area (TPSA) is 17.1 Å². The Morgan fingerprint density at radius 3 is 1.60 bits per heavy atom. The minimum Gasteiger partial charge on any atom is -0.0666 e. The van der Waals surface area contributed by atoms with Crippen molar-refractivity contribution in [3.8, 4) is 0 Å². The minimum absolute atomic E-state index is 0.491. The molecule has 0 radical (unpaired) electrons. The highest BCUT2D eigenvalue weighted by molar-refractivity contribution is 7.55. The smallest absolute Gasteiger partial charge is 0.0666 e. The van der Waals surface area contributed by atoms with Crippen LogP contribution in [0.2, 0.25) is 0 Å². The van der Waals surface area contributed by atoms with Crippen LogP contribution in [-0.4, -0.2) is 0 Å². The molecule has 0 spiro atoms. The Labute approximate surface area is 151 Å². The first-order valence-corrected chi connectivity index (χ1v) is 10.2. The van der Waals surface area contributed by atoms with Gasteiger partial charge in [0, 0.05) is 17.5 Å². The fraction of sp³-hybridized carbons (Fsp3) is 0.217. The lowest BCUT2D eigenvalue weighted by atomic mass is 9.86. The summed E-state index contributed by atoms with van der Waals surface area (Å²) in [6.07, 6.45) is 3.00. The molecule has 1 nitrogen and oxygen atoms in total. The van der Waals surface area contributed by atoms with Gasteiger partial charge in [0.25, 0.3) is 0 Å². The van der Waals surface area contributed by atoms with Crippen LogP contribution in [0.4, 0.5) is 0 Å². The second-order valence-electron chi connectivity index (χ2n) is 6.33. The first kappa shape index (κ1) is 17.6. The fourth-order valence-corrected chi connectivity index (χ4v) is 5.45. The van der Waals surface area contributed by atoms with Crippen molar-refractivity contribution in [1.29, 1.82) is 0 Å². The highest BCUT2D eigenvalue weighted by Gasteiger charge is 2.52. The van der Waals surface area contributed by atoms with Gasteiger partial charge in [-0.05, 0) is 18.6 Å². The van der Waals surface area contributed by atoms with E-state index in [0.717, 1.165) is 35.7 Å². The molecule has 0 aliphatic heterocycles. The van der Waals surface area contributed by atoms with E-state index < -0.39 is 13.0 Å². The average molecular weight is 347 g/mol. The van der Waals surface area contributed by atoms with Crippen LogP contribution in [0, 0.1) is 0 Å². The van der Waals surface area contributed by atoms with Crippen LogP contribution in [0.3, 0.4) is 0 Å². The Hall–Kier alpha value is -2.24. The van der Waals surface area contributed by atoms with E-state index in [4.69, 9.17) is 0 Å². The lowest BCUT2D eigenvalue weighted by Crippen LogP contribution is -2.27. The van der Waals surface area contributed by atoms with E-state index in [2.05, 4.69) is 31.2 Å². The summed E-state index contributed by atoms with van der Waals surface area (Å²) in [5, 5.41) is 0.427. The number of hydrogen-bond acceptors (Lipinski definition) is 1. The Morgan fingerprint density at radius 2 is 1.16 bits per heavy atom. The molecule has 0 amide bonds. The molecule has 0 fully saturated rings. The van der Waals surface area contributed by atoms with Crippen molar-refractivity contribution in [1.82, 2.24) is 0 Å². The standard InChI is InChI=1S/C23H24OP/c1-2-3-19-23(20-13-7-4-8-14-20,21-15-9-5-10-16-21)25(24)22-17-11-6-12-18-22/h4-18H,2-3,19H2,1H3/q+1. The van der Waals surface area contributed by atoms with Crippen molar-refractivity contribution in [2.24, 2.45) is 0 Å². The van der Waals surface area contributed by atoms with Gasteiger partial charge in [-0.3, -0.25) is 0 Å². The normalized spacial score (nSPS) is 12.0. The van der Waals surface area contributed by atoms with Crippen molar-refractivity contribution >= 4 is 13.1 Å². The molecule has 3 aromatic rings. The molecular weight excluding hydrogens is 323 g/mol. The van der Waals surface area contributed by atoms with E-state index >= 15 is 0 Å². The average Bonchev–Trinajstić information content (AvgIpc) is 2.71. The zero-order chi connectivity index (χ0) is 17.5. The zero-order valence-electron chi connectivity index (χ0n) is 14.6. The van der Waals surface area contributed by atoms with E-state index in [1.54, 1.807) is 0 Å². The number of benzene rings is 3.